The summed E-state index contributed by atoms with van der Waals surface area (Å²) in [4.78, 5) is 17.9. The Morgan fingerprint density at radius 2 is 2.44 bits per heavy atom. The lowest BCUT2D eigenvalue weighted by atomic mass is 10.3. The standard InChI is InChI=1S/C13H14N2O2S/c1-9(16)12-8-18-13(14-12)15(10-4-5-10)7-11-3-2-6-17-11/h2-3,6,8,10H,4-5,7H2,1H3. The summed E-state index contributed by atoms with van der Waals surface area (Å²) in [6.45, 7) is 2.27. The molecule has 0 N–H and O–H groups in total. The third-order valence-electron chi connectivity index (χ3n) is 2.99. The first-order valence-electron chi connectivity index (χ1n) is 5.99. The Hall–Kier alpha value is -1.62. The van der Waals surface area contributed by atoms with Crippen molar-refractivity contribution in [1.29, 1.82) is 0 Å². The SMILES string of the molecule is CC(=O)c1csc(N(Cc2ccco2)C2CC2)n1. The van der Waals surface area contributed by atoms with Gasteiger partial charge in [-0.25, -0.2) is 4.98 Å². The van der Waals surface area contributed by atoms with Crippen molar-refractivity contribution in [3.63, 3.8) is 0 Å². The first kappa shape index (κ1) is 11.5. The van der Waals surface area contributed by atoms with E-state index in [9.17, 15) is 4.79 Å². The van der Waals surface area contributed by atoms with Gasteiger partial charge < -0.3 is 9.32 Å². The van der Waals surface area contributed by atoms with Crippen LogP contribution in [0, 0.1) is 0 Å². The molecule has 0 unspecified atom stereocenters. The van der Waals surface area contributed by atoms with Crippen LogP contribution < -0.4 is 4.90 Å². The van der Waals surface area contributed by atoms with Crippen LogP contribution in [-0.2, 0) is 6.54 Å². The molecule has 2 aromatic rings. The summed E-state index contributed by atoms with van der Waals surface area (Å²) in [7, 11) is 0. The Labute approximate surface area is 109 Å². The van der Waals surface area contributed by atoms with E-state index in [0.29, 0.717) is 11.7 Å². The van der Waals surface area contributed by atoms with E-state index in [4.69, 9.17) is 4.42 Å². The highest BCUT2D eigenvalue weighted by Crippen LogP contribution is 2.34. The summed E-state index contributed by atoms with van der Waals surface area (Å²) in [6, 6.07) is 4.40. The fourth-order valence-corrected chi connectivity index (χ4v) is 2.80. The summed E-state index contributed by atoms with van der Waals surface area (Å²) >= 11 is 1.53. The van der Waals surface area contributed by atoms with Gasteiger partial charge in [0.05, 0.1) is 12.8 Å². The van der Waals surface area contributed by atoms with Gasteiger partial charge in [-0.15, -0.1) is 11.3 Å². The van der Waals surface area contributed by atoms with Crippen molar-refractivity contribution in [3.05, 3.63) is 35.2 Å². The molecule has 0 radical (unpaired) electrons. The normalized spacial score (nSPS) is 14.7. The van der Waals surface area contributed by atoms with Crippen LogP contribution in [0.15, 0.2) is 28.2 Å². The summed E-state index contributed by atoms with van der Waals surface area (Å²) in [5.41, 5.74) is 0.556. The molecule has 1 aliphatic carbocycles. The number of thiazole rings is 1. The highest BCUT2D eigenvalue weighted by Gasteiger charge is 2.31. The number of carbonyl (C=O) groups is 1. The van der Waals surface area contributed by atoms with Gasteiger partial charge >= 0.3 is 0 Å². The number of hydrogen-bond donors (Lipinski definition) is 0. The molecule has 5 heteroatoms. The molecule has 1 aliphatic rings. The highest BCUT2D eigenvalue weighted by atomic mass is 32.1. The first-order chi connectivity index (χ1) is 8.74. The Morgan fingerprint density at radius 3 is 3.00 bits per heavy atom. The number of Topliss-reactive ketones (excluding diaryl/α,β-unsaturated/α-hetero) is 1. The molecule has 2 aromatic heterocycles. The van der Waals surface area contributed by atoms with Crippen molar-refractivity contribution >= 4 is 22.3 Å². The zero-order chi connectivity index (χ0) is 12.5. The lowest BCUT2D eigenvalue weighted by Gasteiger charge is -2.19. The van der Waals surface area contributed by atoms with Crippen LogP contribution in [0.1, 0.15) is 36.0 Å². The molecule has 2 heterocycles. The van der Waals surface area contributed by atoms with Crippen LogP contribution in [-0.4, -0.2) is 16.8 Å². The van der Waals surface area contributed by atoms with Gasteiger partial charge in [0.2, 0.25) is 0 Å². The van der Waals surface area contributed by atoms with E-state index in [2.05, 4.69) is 9.88 Å². The maximum atomic E-state index is 11.3. The van der Waals surface area contributed by atoms with Gasteiger partial charge in [0, 0.05) is 18.3 Å². The predicted molar refractivity (Wildman–Crippen MR) is 70.0 cm³/mol. The van der Waals surface area contributed by atoms with Crippen LogP contribution >= 0.6 is 11.3 Å². The van der Waals surface area contributed by atoms with E-state index in [0.717, 1.165) is 17.4 Å². The molecule has 0 saturated heterocycles. The number of carbonyl (C=O) groups excluding carboxylic acids is 1. The molecule has 1 saturated carbocycles. The van der Waals surface area contributed by atoms with Gasteiger partial charge in [-0.1, -0.05) is 0 Å². The number of ketones is 1. The molecule has 3 rings (SSSR count). The largest absolute Gasteiger partial charge is 0.467 e. The minimum Gasteiger partial charge on any atom is -0.467 e. The number of anilines is 1. The van der Waals surface area contributed by atoms with E-state index in [1.54, 1.807) is 13.2 Å². The van der Waals surface area contributed by atoms with Crippen LogP contribution in [0.5, 0.6) is 0 Å². The average molecular weight is 262 g/mol. The Morgan fingerprint density at radius 1 is 1.61 bits per heavy atom. The van der Waals surface area contributed by atoms with Crippen LogP contribution in [0.4, 0.5) is 5.13 Å². The highest BCUT2D eigenvalue weighted by molar-refractivity contribution is 7.13. The Bertz CT molecular complexity index is 543. The van der Waals surface area contributed by atoms with Crippen molar-refractivity contribution in [1.82, 2.24) is 4.98 Å². The molecular weight excluding hydrogens is 248 g/mol. The lowest BCUT2D eigenvalue weighted by molar-refractivity contribution is 0.101. The van der Waals surface area contributed by atoms with E-state index in [1.807, 2.05) is 17.5 Å². The van der Waals surface area contributed by atoms with Crippen molar-refractivity contribution in [2.24, 2.45) is 0 Å². The molecule has 1 fully saturated rings. The minimum atomic E-state index is 0.0197. The van der Waals surface area contributed by atoms with Crippen LogP contribution in [0.2, 0.25) is 0 Å². The van der Waals surface area contributed by atoms with E-state index < -0.39 is 0 Å². The summed E-state index contributed by atoms with van der Waals surface area (Å²) in [5.74, 6) is 0.952. The van der Waals surface area contributed by atoms with Crippen LogP contribution in [0.25, 0.3) is 0 Å². The second kappa shape index (κ2) is 4.57. The zero-order valence-electron chi connectivity index (χ0n) is 10.1. The molecule has 18 heavy (non-hydrogen) atoms. The molecular formula is C13H14N2O2S. The fourth-order valence-electron chi connectivity index (χ4n) is 1.87. The summed E-state index contributed by atoms with van der Waals surface area (Å²) in [5, 5.41) is 2.74. The second-order valence-corrected chi connectivity index (χ2v) is 5.35. The number of rotatable bonds is 5. The number of nitrogens with zero attached hydrogens (tertiary/aromatic N) is 2. The zero-order valence-corrected chi connectivity index (χ0v) is 10.9. The third-order valence-corrected chi connectivity index (χ3v) is 3.87. The smallest absolute Gasteiger partial charge is 0.186 e. The Kier molecular flexibility index (Phi) is 2.91. The third kappa shape index (κ3) is 2.31. The fraction of sp³-hybridized carbons (Fsp3) is 0.385. The molecule has 0 spiro atoms. The molecule has 0 aromatic carbocycles. The van der Waals surface area contributed by atoms with Gasteiger partial charge in [0.25, 0.3) is 0 Å². The second-order valence-electron chi connectivity index (χ2n) is 4.51. The van der Waals surface area contributed by atoms with E-state index in [1.165, 1.54) is 24.2 Å². The van der Waals surface area contributed by atoms with Crippen molar-refractivity contribution < 1.29 is 9.21 Å². The topological polar surface area (TPSA) is 46.3 Å². The van der Waals surface area contributed by atoms with Gasteiger partial charge in [0.15, 0.2) is 10.9 Å². The van der Waals surface area contributed by atoms with Gasteiger partial charge in [-0.05, 0) is 25.0 Å². The monoisotopic (exact) mass is 262 g/mol. The van der Waals surface area contributed by atoms with Crippen molar-refractivity contribution in [2.75, 3.05) is 4.90 Å². The Balaban J connectivity index is 1.82. The molecule has 94 valence electrons. The molecule has 0 atom stereocenters. The van der Waals surface area contributed by atoms with Gasteiger partial charge in [-0.2, -0.15) is 0 Å². The lowest BCUT2D eigenvalue weighted by Crippen LogP contribution is -2.24. The maximum Gasteiger partial charge on any atom is 0.186 e. The quantitative estimate of drug-likeness (QED) is 0.777. The summed E-state index contributed by atoms with van der Waals surface area (Å²) in [6.07, 6.45) is 4.06. The maximum absolute atomic E-state index is 11.3. The molecule has 0 aliphatic heterocycles. The number of aromatic nitrogens is 1. The van der Waals surface area contributed by atoms with Gasteiger partial charge in [0.1, 0.15) is 11.5 Å². The number of hydrogen-bond acceptors (Lipinski definition) is 5. The summed E-state index contributed by atoms with van der Waals surface area (Å²) < 4.78 is 5.39. The minimum absolute atomic E-state index is 0.0197. The number of furan rings is 1. The first-order valence-corrected chi connectivity index (χ1v) is 6.87. The molecule has 0 bridgehead atoms. The van der Waals surface area contributed by atoms with Crippen LogP contribution in [0.3, 0.4) is 0 Å². The molecule has 4 nitrogen and oxygen atoms in total. The molecule has 0 amide bonds. The van der Waals surface area contributed by atoms with Crippen molar-refractivity contribution in [3.8, 4) is 0 Å². The van der Waals surface area contributed by atoms with E-state index in [-0.39, 0.29) is 5.78 Å². The van der Waals surface area contributed by atoms with Gasteiger partial charge in [-0.3, -0.25) is 4.79 Å². The van der Waals surface area contributed by atoms with E-state index >= 15 is 0 Å². The average Bonchev–Trinajstić information content (AvgIpc) is 2.88. The predicted octanol–water partition coefficient (Wildman–Crippen LogP) is 3.11. The van der Waals surface area contributed by atoms with Crippen molar-refractivity contribution in [2.45, 2.75) is 32.4 Å².